The van der Waals surface area contributed by atoms with Crippen LogP contribution in [0.25, 0.3) is 71.7 Å². The van der Waals surface area contributed by atoms with Gasteiger partial charge in [-0.15, -0.1) is 0 Å². The molecule has 7 aromatic carbocycles. The Bertz CT molecular complexity index is 2820. The SMILES string of the molecule is c1ccc(N(c2ccccc2)c2ccc(-c3ccc(-c4ccc5c(c4)c4cc(-c6ccccn6)ccc4c4nc6ccccn6c54)cc3)cc2)cc1. The molecule has 244 valence electrons. The van der Waals surface area contributed by atoms with Crippen molar-refractivity contribution >= 4 is 55.3 Å². The molecule has 0 unspecified atom stereocenters. The van der Waals surface area contributed by atoms with Gasteiger partial charge in [-0.05, 0) is 106 Å². The molecule has 4 heteroatoms. The Kier molecular flexibility index (Phi) is 7.10. The molecule has 0 amide bonds. The Morgan fingerprint density at radius 1 is 0.404 bits per heavy atom. The van der Waals surface area contributed by atoms with Crippen molar-refractivity contribution in [3.8, 4) is 33.5 Å². The van der Waals surface area contributed by atoms with Gasteiger partial charge < -0.3 is 4.90 Å². The second kappa shape index (κ2) is 12.4. The van der Waals surface area contributed by atoms with Gasteiger partial charge in [-0.3, -0.25) is 9.38 Å². The number of rotatable bonds is 6. The zero-order valence-electron chi connectivity index (χ0n) is 28.3. The summed E-state index contributed by atoms with van der Waals surface area (Å²) in [6.45, 7) is 0. The summed E-state index contributed by atoms with van der Waals surface area (Å²) in [5.74, 6) is 0. The minimum absolute atomic E-state index is 0.945. The normalized spacial score (nSPS) is 11.5. The number of aromatic nitrogens is 3. The number of imidazole rings is 1. The van der Waals surface area contributed by atoms with E-state index in [9.17, 15) is 0 Å². The van der Waals surface area contributed by atoms with E-state index < -0.39 is 0 Å². The van der Waals surface area contributed by atoms with E-state index in [4.69, 9.17) is 4.98 Å². The molecule has 0 aliphatic heterocycles. The topological polar surface area (TPSA) is 33.4 Å². The molecule has 4 nitrogen and oxygen atoms in total. The molecule has 0 radical (unpaired) electrons. The number of hydrogen-bond acceptors (Lipinski definition) is 3. The standard InChI is InChI=1S/C48H32N4/c1-3-11-38(12-4-1)52(39-13-5-2-6-14-39)40-25-21-34(22-26-40)33-17-19-35(20-18-33)36-23-28-42-44(31-36)43-32-37(45-15-7-9-29-49-45)24-27-41(43)47-48(42)51-30-10-8-16-46(51)50-47/h1-32H. The van der Waals surface area contributed by atoms with Gasteiger partial charge in [0, 0.05) is 45.8 Å². The molecular formula is C48H32N4. The van der Waals surface area contributed by atoms with Crippen LogP contribution in [0.15, 0.2) is 194 Å². The predicted molar refractivity (Wildman–Crippen MR) is 216 cm³/mol. The van der Waals surface area contributed by atoms with Crippen LogP contribution in [0.1, 0.15) is 0 Å². The van der Waals surface area contributed by atoms with Crippen LogP contribution in [0.2, 0.25) is 0 Å². The largest absolute Gasteiger partial charge is 0.311 e. The molecule has 0 bridgehead atoms. The summed E-state index contributed by atoms with van der Waals surface area (Å²) in [6.07, 6.45) is 3.96. The summed E-state index contributed by atoms with van der Waals surface area (Å²) in [5, 5.41) is 4.69. The van der Waals surface area contributed by atoms with E-state index in [-0.39, 0.29) is 0 Å². The highest BCUT2D eigenvalue weighted by Gasteiger charge is 2.17. The fraction of sp³-hybridized carbons (Fsp3) is 0. The van der Waals surface area contributed by atoms with Crippen molar-refractivity contribution in [2.24, 2.45) is 0 Å². The predicted octanol–water partition coefficient (Wildman–Crippen LogP) is 12.7. The smallest absolute Gasteiger partial charge is 0.137 e. The van der Waals surface area contributed by atoms with Gasteiger partial charge in [-0.1, -0.05) is 109 Å². The third kappa shape index (κ3) is 5.09. The summed E-state index contributed by atoms with van der Waals surface area (Å²) in [5.41, 5.74) is 13.2. The first-order valence-corrected chi connectivity index (χ1v) is 17.6. The lowest BCUT2D eigenvalue weighted by Gasteiger charge is -2.25. The monoisotopic (exact) mass is 664 g/mol. The molecule has 0 spiro atoms. The van der Waals surface area contributed by atoms with Crippen LogP contribution >= 0.6 is 0 Å². The van der Waals surface area contributed by atoms with E-state index in [1.807, 2.05) is 24.4 Å². The molecule has 0 saturated heterocycles. The van der Waals surface area contributed by atoms with Crippen molar-refractivity contribution in [3.63, 3.8) is 0 Å². The Morgan fingerprint density at radius 3 is 1.63 bits per heavy atom. The Balaban J connectivity index is 1.05. The molecule has 0 N–H and O–H groups in total. The molecule has 3 heterocycles. The molecular weight excluding hydrogens is 633 g/mol. The van der Waals surface area contributed by atoms with Crippen LogP contribution in [-0.2, 0) is 0 Å². The van der Waals surface area contributed by atoms with Crippen molar-refractivity contribution in [2.75, 3.05) is 4.90 Å². The summed E-state index contributed by atoms with van der Waals surface area (Å²) >= 11 is 0. The summed E-state index contributed by atoms with van der Waals surface area (Å²) < 4.78 is 2.21. The minimum atomic E-state index is 0.945. The number of anilines is 3. The third-order valence-electron chi connectivity index (χ3n) is 10.0. The lowest BCUT2D eigenvalue weighted by molar-refractivity contribution is 1.23. The summed E-state index contributed by atoms with van der Waals surface area (Å²) in [6, 6.07) is 64.5. The Labute approximate surface area is 301 Å². The van der Waals surface area contributed by atoms with Crippen molar-refractivity contribution in [1.29, 1.82) is 0 Å². The van der Waals surface area contributed by atoms with Crippen molar-refractivity contribution in [3.05, 3.63) is 194 Å². The first-order valence-electron chi connectivity index (χ1n) is 17.6. The molecule has 52 heavy (non-hydrogen) atoms. The molecule has 10 aromatic rings. The van der Waals surface area contributed by atoms with Gasteiger partial charge in [0.25, 0.3) is 0 Å². The Morgan fingerprint density at radius 2 is 0.942 bits per heavy atom. The van der Waals surface area contributed by atoms with Gasteiger partial charge in [-0.2, -0.15) is 0 Å². The van der Waals surface area contributed by atoms with E-state index in [1.165, 1.54) is 38.4 Å². The highest BCUT2D eigenvalue weighted by atomic mass is 15.1. The van der Waals surface area contributed by atoms with Crippen LogP contribution in [0.5, 0.6) is 0 Å². The third-order valence-corrected chi connectivity index (χ3v) is 10.0. The average Bonchev–Trinajstić information content (AvgIpc) is 3.62. The van der Waals surface area contributed by atoms with Crippen molar-refractivity contribution in [2.45, 2.75) is 0 Å². The maximum atomic E-state index is 5.11. The van der Waals surface area contributed by atoms with Crippen LogP contribution in [0.4, 0.5) is 17.1 Å². The van der Waals surface area contributed by atoms with Gasteiger partial charge in [0.15, 0.2) is 0 Å². The molecule has 0 aliphatic rings. The number of benzene rings is 7. The van der Waals surface area contributed by atoms with E-state index >= 15 is 0 Å². The van der Waals surface area contributed by atoms with E-state index in [0.29, 0.717) is 0 Å². The first kappa shape index (κ1) is 29.8. The van der Waals surface area contributed by atoms with Crippen molar-refractivity contribution in [1.82, 2.24) is 14.4 Å². The first-order chi connectivity index (χ1) is 25.8. The molecule has 0 aliphatic carbocycles. The van der Waals surface area contributed by atoms with Crippen LogP contribution < -0.4 is 4.90 Å². The molecule has 0 saturated carbocycles. The maximum absolute atomic E-state index is 5.11. The fourth-order valence-corrected chi connectivity index (χ4v) is 7.52. The van der Waals surface area contributed by atoms with Crippen molar-refractivity contribution < 1.29 is 0 Å². The second-order valence-electron chi connectivity index (χ2n) is 13.1. The number of fused-ring (bicyclic) bond motifs is 8. The maximum Gasteiger partial charge on any atom is 0.137 e. The van der Waals surface area contributed by atoms with E-state index in [2.05, 4.69) is 184 Å². The van der Waals surface area contributed by atoms with E-state index in [1.54, 1.807) is 0 Å². The van der Waals surface area contributed by atoms with Gasteiger partial charge in [-0.25, -0.2) is 4.98 Å². The molecule has 10 rings (SSSR count). The molecule has 0 atom stereocenters. The highest BCUT2D eigenvalue weighted by molar-refractivity contribution is 6.25. The van der Waals surface area contributed by atoms with Gasteiger partial charge in [0.2, 0.25) is 0 Å². The Hall–Kier alpha value is -7.04. The highest BCUT2D eigenvalue weighted by Crippen LogP contribution is 2.40. The molecule has 0 fully saturated rings. The quantitative estimate of drug-likeness (QED) is 0.166. The zero-order chi connectivity index (χ0) is 34.4. The lowest BCUT2D eigenvalue weighted by Crippen LogP contribution is -2.09. The fourth-order valence-electron chi connectivity index (χ4n) is 7.52. The number of para-hydroxylation sites is 2. The summed E-state index contributed by atoms with van der Waals surface area (Å²) in [7, 11) is 0. The number of pyridine rings is 2. The van der Waals surface area contributed by atoms with Gasteiger partial charge in [0.05, 0.1) is 16.7 Å². The van der Waals surface area contributed by atoms with Crippen LogP contribution in [0.3, 0.4) is 0 Å². The number of nitrogens with zero attached hydrogens (tertiary/aromatic N) is 4. The van der Waals surface area contributed by atoms with Crippen LogP contribution in [0, 0.1) is 0 Å². The average molecular weight is 665 g/mol. The van der Waals surface area contributed by atoms with Crippen LogP contribution in [-0.4, -0.2) is 14.4 Å². The zero-order valence-corrected chi connectivity index (χ0v) is 28.3. The summed E-state index contributed by atoms with van der Waals surface area (Å²) in [4.78, 5) is 12.0. The minimum Gasteiger partial charge on any atom is -0.311 e. The van der Waals surface area contributed by atoms with Gasteiger partial charge in [0.1, 0.15) is 5.65 Å². The number of hydrogen-bond donors (Lipinski definition) is 0. The second-order valence-corrected chi connectivity index (χ2v) is 13.1. The lowest BCUT2D eigenvalue weighted by atomic mass is 9.93. The van der Waals surface area contributed by atoms with E-state index in [0.717, 1.165) is 50.4 Å². The molecule has 3 aromatic heterocycles. The van der Waals surface area contributed by atoms with Gasteiger partial charge >= 0.3 is 0 Å².